The summed E-state index contributed by atoms with van der Waals surface area (Å²) in [7, 11) is 0. The number of carbonyl (C=O) groups is 1. The van der Waals surface area contributed by atoms with Crippen LogP contribution in [0.3, 0.4) is 0 Å². The lowest BCUT2D eigenvalue weighted by Gasteiger charge is -2.14. The molecule has 1 aliphatic rings. The van der Waals surface area contributed by atoms with Gasteiger partial charge in [0.05, 0.1) is 16.7 Å². The van der Waals surface area contributed by atoms with Crippen molar-refractivity contribution in [2.45, 2.75) is 45.4 Å². The number of aromatic amines is 1. The fourth-order valence-electron chi connectivity index (χ4n) is 5.10. The molecule has 7 nitrogen and oxygen atoms in total. The van der Waals surface area contributed by atoms with Crippen molar-refractivity contribution in [3.05, 3.63) is 104 Å². The lowest BCUT2D eigenvalue weighted by molar-refractivity contribution is -0.121. The number of nitrogens with one attached hydrogen (secondary N) is 2. The van der Waals surface area contributed by atoms with Gasteiger partial charge in [-0.05, 0) is 54.2 Å². The first-order valence-corrected chi connectivity index (χ1v) is 14.1. The van der Waals surface area contributed by atoms with Crippen LogP contribution in [0.25, 0.3) is 28.1 Å². The number of H-pyrrole nitrogens is 1. The van der Waals surface area contributed by atoms with E-state index in [1.807, 2.05) is 66.7 Å². The topological polar surface area (TPSA) is 99.5 Å². The van der Waals surface area contributed by atoms with Gasteiger partial charge in [-0.25, -0.2) is 4.99 Å². The molecule has 0 radical (unpaired) electrons. The van der Waals surface area contributed by atoms with Gasteiger partial charge in [0.25, 0.3) is 5.56 Å². The van der Waals surface area contributed by atoms with Gasteiger partial charge in [-0.2, -0.15) is 0 Å². The van der Waals surface area contributed by atoms with Crippen LogP contribution in [0.1, 0.15) is 51.0 Å². The van der Waals surface area contributed by atoms with E-state index in [4.69, 9.17) is 17.2 Å². The highest BCUT2D eigenvalue weighted by Crippen LogP contribution is 2.29. The Morgan fingerprint density at radius 2 is 1.82 bits per heavy atom. The molecular formula is C32H32N4O3S. The Kier molecular flexibility index (Phi) is 8.36. The summed E-state index contributed by atoms with van der Waals surface area (Å²) < 4.78 is 1.57. The average molecular weight is 553 g/mol. The minimum Gasteiger partial charge on any atom is -0.494 e. The third-order valence-electron chi connectivity index (χ3n) is 7.14. The van der Waals surface area contributed by atoms with Crippen molar-refractivity contribution < 1.29 is 9.90 Å². The van der Waals surface area contributed by atoms with Gasteiger partial charge in [-0.15, -0.1) is 0 Å². The SMILES string of the molecule is CCCCCCC(=O)NCCC1=c2ccccc2=N/C1=C\c1c(O)n(-c2cccc3ccccc23)c(=S)[nH]c1=O. The number of para-hydroxylation sites is 1. The zero-order valence-corrected chi connectivity index (χ0v) is 23.3. The van der Waals surface area contributed by atoms with E-state index < -0.39 is 5.56 Å². The van der Waals surface area contributed by atoms with Crippen LogP contribution in [0, 0.1) is 4.77 Å². The van der Waals surface area contributed by atoms with Gasteiger partial charge in [0.1, 0.15) is 5.56 Å². The van der Waals surface area contributed by atoms with Crippen molar-refractivity contribution >= 4 is 40.5 Å². The minimum atomic E-state index is -0.502. The molecule has 0 aliphatic carbocycles. The van der Waals surface area contributed by atoms with Gasteiger partial charge >= 0.3 is 0 Å². The summed E-state index contributed by atoms with van der Waals surface area (Å²) >= 11 is 5.48. The number of rotatable bonds is 10. The molecule has 2 heterocycles. The number of amides is 1. The van der Waals surface area contributed by atoms with E-state index in [2.05, 4.69) is 17.2 Å². The summed E-state index contributed by atoms with van der Waals surface area (Å²) in [5, 5.41) is 18.0. The number of hydrogen-bond acceptors (Lipinski definition) is 5. The molecule has 3 aromatic carbocycles. The molecular weight excluding hydrogens is 520 g/mol. The van der Waals surface area contributed by atoms with Crippen LogP contribution in [0.4, 0.5) is 0 Å². The normalized spacial score (nSPS) is 13.4. The van der Waals surface area contributed by atoms with Gasteiger partial charge in [0, 0.05) is 23.6 Å². The third-order valence-corrected chi connectivity index (χ3v) is 7.43. The smallest absolute Gasteiger partial charge is 0.262 e. The number of allylic oxidation sites excluding steroid dienone is 1. The van der Waals surface area contributed by atoms with E-state index in [-0.39, 0.29) is 22.1 Å². The van der Waals surface area contributed by atoms with Crippen LogP contribution in [-0.2, 0) is 4.79 Å². The van der Waals surface area contributed by atoms with Crippen LogP contribution < -0.4 is 21.5 Å². The van der Waals surface area contributed by atoms with Crippen molar-refractivity contribution in [2.75, 3.05) is 6.54 Å². The van der Waals surface area contributed by atoms with Gasteiger partial charge < -0.3 is 10.4 Å². The average Bonchev–Trinajstić information content (AvgIpc) is 3.30. The molecule has 0 spiro atoms. The number of fused-ring (bicyclic) bond motifs is 2. The Labute approximate surface area is 237 Å². The summed E-state index contributed by atoms with van der Waals surface area (Å²) in [6.45, 7) is 2.60. The highest BCUT2D eigenvalue weighted by molar-refractivity contribution is 7.71. The molecule has 1 amide bonds. The predicted octanol–water partition coefficient (Wildman–Crippen LogP) is 5.06. The Morgan fingerprint density at radius 1 is 1.05 bits per heavy atom. The Balaban J connectivity index is 1.50. The molecule has 0 fully saturated rings. The van der Waals surface area contributed by atoms with Crippen molar-refractivity contribution in [1.29, 1.82) is 0 Å². The lowest BCUT2D eigenvalue weighted by Crippen LogP contribution is -2.26. The number of aromatic nitrogens is 2. The minimum absolute atomic E-state index is 0.0386. The molecule has 1 aliphatic heterocycles. The summed E-state index contributed by atoms with van der Waals surface area (Å²) in [6.07, 6.45) is 6.87. The van der Waals surface area contributed by atoms with Gasteiger partial charge in [-0.3, -0.25) is 19.1 Å². The summed E-state index contributed by atoms with van der Waals surface area (Å²) in [5.41, 5.74) is 1.69. The molecule has 0 unspecified atom stereocenters. The molecule has 5 rings (SSSR count). The predicted molar refractivity (Wildman–Crippen MR) is 161 cm³/mol. The van der Waals surface area contributed by atoms with Gasteiger partial charge in [0.15, 0.2) is 4.77 Å². The second kappa shape index (κ2) is 12.3. The molecule has 0 saturated carbocycles. The molecule has 0 saturated heterocycles. The maximum absolute atomic E-state index is 13.1. The number of carbonyl (C=O) groups excluding carboxylic acids is 1. The van der Waals surface area contributed by atoms with E-state index in [0.29, 0.717) is 30.8 Å². The second-order valence-corrected chi connectivity index (χ2v) is 10.3. The highest BCUT2D eigenvalue weighted by Gasteiger charge is 2.18. The van der Waals surface area contributed by atoms with Crippen LogP contribution in [0.2, 0.25) is 0 Å². The van der Waals surface area contributed by atoms with Crippen molar-refractivity contribution in [3.8, 4) is 11.6 Å². The summed E-state index contributed by atoms with van der Waals surface area (Å²) in [4.78, 5) is 32.9. The van der Waals surface area contributed by atoms with E-state index >= 15 is 0 Å². The molecule has 4 aromatic rings. The van der Waals surface area contributed by atoms with E-state index in [9.17, 15) is 14.7 Å². The van der Waals surface area contributed by atoms with E-state index in [0.717, 1.165) is 52.6 Å². The first-order valence-electron chi connectivity index (χ1n) is 13.7. The first-order chi connectivity index (χ1) is 19.5. The molecule has 8 heteroatoms. The molecule has 1 aromatic heterocycles. The molecule has 0 atom stereocenters. The zero-order valence-electron chi connectivity index (χ0n) is 22.4. The highest BCUT2D eigenvalue weighted by atomic mass is 32.1. The van der Waals surface area contributed by atoms with Gasteiger partial charge in [0.2, 0.25) is 11.8 Å². The number of benzene rings is 3. The van der Waals surface area contributed by atoms with Crippen LogP contribution in [0.15, 0.2) is 82.2 Å². The zero-order chi connectivity index (χ0) is 28.1. The number of unbranched alkanes of at least 4 members (excludes halogenated alkanes) is 3. The molecule has 0 bridgehead atoms. The number of aromatic hydroxyl groups is 1. The standard InChI is InChI=1S/C32H32N4O3S/c1-2-3-4-5-17-29(37)33-19-18-24-23-14-8-9-15-26(23)34-27(24)20-25-30(38)35-32(40)36(31(25)39)28-16-10-12-21-11-6-7-13-22(21)28/h6-16,20,39H,2-5,17-19H2,1H3,(H,33,37)(H,35,38,40)/b27-20-. The van der Waals surface area contributed by atoms with Gasteiger partial charge in [-0.1, -0.05) is 80.8 Å². The maximum atomic E-state index is 13.1. The van der Waals surface area contributed by atoms with E-state index in [1.54, 1.807) is 6.08 Å². The molecule has 3 N–H and O–H groups in total. The van der Waals surface area contributed by atoms with Crippen molar-refractivity contribution in [3.63, 3.8) is 0 Å². The van der Waals surface area contributed by atoms with E-state index in [1.165, 1.54) is 4.57 Å². The molecule has 204 valence electrons. The number of hydrogen-bond donors (Lipinski definition) is 3. The quantitative estimate of drug-likeness (QED) is 0.189. The van der Waals surface area contributed by atoms with Crippen molar-refractivity contribution in [2.24, 2.45) is 4.99 Å². The number of nitrogens with zero attached hydrogens (tertiary/aromatic N) is 2. The maximum Gasteiger partial charge on any atom is 0.262 e. The lowest BCUT2D eigenvalue weighted by atomic mass is 10.1. The third kappa shape index (κ3) is 5.67. The Morgan fingerprint density at radius 3 is 2.67 bits per heavy atom. The fourth-order valence-corrected chi connectivity index (χ4v) is 5.38. The Bertz CT molecular complexity index is 1850. The second-order valence-electron chi connectivity index (χ2n) is 9.88. The van der Waals surface area contributed by atoms with Crippen LogP contribution >= 0.6 is 12.2 Å². The Hall–Kier alpha value is -4.30. The van der Waals surface area contributed by atoms with Crippen molar-refractivity contribution in [1.82, 2.24) is 14.9 Å². The fraction of sp³-hybridized carbons (Fsp3) is 0.250. The van der Waals surface area contributed by atoms with Crippen LogP contribution in [0.5, 0.6) is 5.88 Å². The first kappa shape index (κ1) is 27.3. The molecule has 40 heavy (non-hydrogen) atoms. The summed E-state index contributed by atoms with van der Waals surface area (Å²) in [5.74, 6) is -0.222. The summed E-state index contributed by atoms with van der Waals surface area (Å²) in [6, 6.07) is 21.2. The monoisotopic (exact) mass is 552 g/mol. The van der Waals surface area contributed by atoms with Crippen LogP contribution in [-0.4, -0.2) is 27.1 Å². The largest absolute Gasteiger partial charge is 0.494 e.